The lowest BCUT2D eigenvalue weighted by Gasteiger charge is -2.16. The minimum atomic E-state index is -1.29. The third kappa shape index (κ3) is 4.64. The predicted molar refractivity (Wildman–Crippen MR) is 72.8 cm³/mol. The fraction of sp³-hybridized carbons (Fsp3) is 0.429. The first-order valence-electron chi connectivity index (χ1n) is 6.83. The van der Waals surface area contributed by atoms with Crippen molar-refractivity contribution in [1.29, 1.82) is 0 Å². The second-order valence-corrected chi connectivity index (χ2v) is 4.89. The van der Waals surface area contributed by atoms with E-state index in [-0.39, 0.29) is 13.2 Å². The van der Waals surface area contributed by atoms with Crippen molar-refractivity contribution in [2.24, 2.45) is 0 Å². The summed E-state index contributed by atoms with van der Waals surface area (Å²) in [5, 5.41) is 16.9. The molecule has 0 unspecified atom stereocenters. The van der Waals surface area contributed by atoms with E-state index in [4.69, 9.17) is 29.2 Å². The van der Waals surface area contributed by atoms with Crippen LogP contribution in [-0.2, 0) is 38.1 Å². The molecule has 0 amide bonds. The van der Waals surface area contributed by atoms with Crippen LogP contribution in [0, 0.1) is 0 Å². The molecule has 0 aromatic carbocycles. The third-order valence-electron chi connectivity index (χ3n) is 3.22. The maximum atomic E-state index is 11.5. The Morgan fingerprint density at radius 2 is 1.12 bits per heavy atom. The summed E-state index contributed by atoms with van der Waals surface area (Å²) in [4.78, 5) is 43.6. The van der Waals surface area contributed by atoms with E-state index in [0.29, 0.717) is 12.2 Å². The molecular formula is C14H14O10. The van der Waals surface area contributed by atoms with Crippen molar-refractivity contribution < 1.29 is 48.3 Å². The standard InChI is InChI=1S/C14H14O10/c15-9(16)1-3-11(19)23-7-5-21-14-8(6-22-13(7)14)24-12(20)4-2-10(17)18/h1-4,7-8,13-14H,5-6H2,(H,15,16)(H,17,18)/b3-1-,4-2-/t7-,8-,13-,14-/m1/s1. The number of carbonyl (C=O) groups is 4. The lowest BCUT2D eigenvalue weighted by atomic mass is 10.1. The fourth-order valence-electron chi connectivity index (χ4n) is 2.29. The number of fused-ring (bicyclic) bond motifs is 1. The van der Waals surface area contributed by atoms with Crippen LogP contribution in [0.25, 0.3) is 0 Å². The first-order chi connectivity index (χ1) is 11.4. The van der Waals surface area contributed by atoms with E-state index in [0.717, 1.165) is 12.2 Å². The zero-order valence-electron chi connectivity index (χ0n) is 12.2. The Bertz CT molecular complexity index is 540. The van der Waals surface area contributed by atoms with Crippen LogP contribution in [0.15, 0.2) is 24.3 Å². The predicted octanol–water partition coefficient (Wildman–Crippen LogP) is -1.11. The summed E-state index contributed by atoms with van der Waals surface area (Å²) in [5.74, 6) is -4.29. The molecule has 0 saturated carbocycles. The number of esters is 2. The van der Waals surface area contributed by atoms with E-state index in [1.54, 1.807) is 0 Å². The van der Waals surface area contributed by atoms with E-state index >= 15 is 0 Å². The minimum absolute atomic E-state index is 0.000993. The van der Waals surface area contributed by atoms with Gasteiger partial charge in [-0.05, 0) is 0 Å². The van der Waals surface area contributed by atoms with Gasteiger partial charge in [-0.1, -0.05) is 0 Å². The Kier molecular flexibility index (Phi) is 5.66. The van der Waals surface area contributed by atoms with E-state index in [1.807, 2.05) is 0 Å². The van der Waals surface area contributed by atoms with Crippen LogP contribution in [0.4, 0.5) is 0 Å². The molecule has 0 bridgehead atoms. The molecule has 2 rings (SSSR count). The molecule has 0 spiro atoms. The van der Waals surface area contributed by atoms with Gasteiger partial charge in [-0.15, -0.1) is 0 Å². The Morgan fingerprint density at radius 3 is 1.46 bits per heavy atom. The number of carboxylic acids is 2. The third-order valence-corrected chi connectivity index (χ3v) is 3.22. The average molecular weight is 342 g/mol. The zero-order chi connectivity index (χ0) is 17.7. The van der Waals surface area contributed by atoms with Crippen LogP contribution in [0.5, 0.6) is 0 Å². The van der Waals surface area contributed by atoms with Gasteiger partial charge in [-0.25, -0.2) is 19.2 Å². The van der Waals surface area contributed by atoms with E-state index in [9.17, 15) is 19.2 Å². The summed E-state index contributed by atoms with van der Waals surface area (Å²) in [6.45, 7) is 0.00199. The van der Waals surface area contributed by atoms with Crippen molar-refractivity contribution in [1.82, 2.24) is 0 Å². The summed E-state index contributed by atoms with van der Waals surface area (Å²) in [6.07, 6.45) is -0.0348. The summed E-state index contributed by atoms with van der Waals surface area (Å²) in [7, 11) is 0. The van der Waals surface area contributed by atoms with Gasteiger partial charge in [0, 0.05) is 24.3 Å². The molecule has 4 atom stereocenters. The maximum Gasteiger partial charge on any atom is 0.331 e. The van der Waals surface area contributed by atoms with Gasteiger partial charge in [0.25, 0.3) is 0 Å². The number of rotatable bonds is 6. The van der Waals surface area contributed by atoms with Gasteiger partial charge in [-0.2, -0.15) is 0 Å². The Labute approximate surface area is 135 Å². The normalized spacial score (nSPS) is 28.8. The van der Waals surface area contributed by atoms with E-state index < -0.39 is 48.3 Å². The summed E-state index contributed by atoms with van der Waals surface area (Å²) < 4.78 is 20.9. The van der Waals surface area contributed by atoms with Crippen molar-refractivity contribution in [2.45, 2.75) is 24.4 Å². The average Bonchev–Trinajstić information content (AvgIpc) is 3.07. The maximum absolute atomic E-state index is 11.5. The highest BCUT2D eigenvalue weighted by Gasteiger charge is 2.50. The number of carbonyl (C=O) groups excluding carboxylic acids is 2. The second kappa shape index (κ2) is 7.70. The molecule has 2 aliphatic rings. The van der Waals surface area contributed by atoms with E-state index in [2.05, 4.69) is 0 Å². The molecule has 2 fully saturated rings. The minimum Gasteiger partial charge on any atom is -0.478 e. The SMILES string of the molecule is O=C(O)/C=C\C(=O)O[C@@H]1CO[C@H]2[C@@H]1OC[C@H]2OC(=O)/C=C\C(=O)O. The van der Waals surface area contributed by atoms with Gasteiger partial charge in [-0.3, -0.25) is 0 Å². The molecule has 10 heteroatoms. The lowest BCUT2D eigenvalue weighted by molar-refractivity contribution is -0.149. The second-order valence-electron chi connectivity index (χ2n) is 4.89. The van der Waals surface area contributed by atoms with Gasteiger partial charge in [0.15, 0.2) is 12.2 Å². The van der Waals surface area contributed by atoms with Gasteiger partial charge < -0.3 is 29.2 Å². The van der Waals surface area contributed by atoms with Crippen molar-refractivity contribution in [3.8, 4) is 0 Å². The fourth-order valence-corrected chi connectivity index (χ4v) is 2.29. The number of ether oxygens (including phenoxy) is 4. The lowest BCUT2D eigenvalue weighted by Crippen LogP contribution is -2.35. The van der Waals surface area contributed by atoms with Crippen molar-refractivity contribution in [2.75, 3.05) is 13.2 Å². The monoisotopic (exact) mass is 342 g/mol. The largest absolute Gasteiger partial charge is 0.478 e. The Hall–Kier alpha value is -2.72. The highest BCUT2D eigenvalue weighted by molar-refractivity contribution is 5.91. The number of carboxylic acid groups (broad SMARTS) is 2. The highest BCUT2D eigenvalue weighted by Crippen LogP contribution is 2.30. The molecule has 0 aromatic heterocycles. The van der Waals surface area contributed by atoms with Crippen LogP contribution < -0.4 is 0 Å². The first kappa shape index (κ1) is 17.6. The van der Waals surface area contributed by atoms with Crippen LogP contribution in [0.1, 0.15) is 0 Å². The van der Waals surface area contributed by atoms with Gasteiger partial charge in [0.2, 0.25) is 0 Å². The van der Waals surface area contributed by atoms with Gasteiger partial charge in [0.1, 0.15) is 12.2 Å². The molecule has 10 nitrogen and oxygen atoms in total. The molecule has 0 aromatic rings. The molecule has 2 saturated heterocycles. The van der Waals surface area contributed by atoms with Crippen LogP contribution >= 0.6 is 0 Å². The van der Waals surface area contributed by atoms with Gasteiger partial charge in [0.05, 0.1) is 13.2 Å². The molecule has 2 N–H and O–H groups in total. The number of hydrogen-bond acceptors (Lipinski definition) is 8. The molecule has 130 valence electrons. The first-order valence-corrected chi connectivity index (χ1v) is 6.83. The van der Waals surface area contributed by atoms with Crippen molar-refractivity contribution in [3.05, 3.63) is 24.3 Å². The molecule has 2 heterocycles. The Morgan fingerprint density at radius 1 is 0.750 bits per heavy atom. The van der Waals surface area contributed by atoms with Crippen LogP contribution in [0.2, 0.25) is 0 Å². The van der Waals surface area contributed by atoms with Crippen LogP contribution in [-0.4, -0.2) is 71.7 Å². The van der Waals surface area contributed by atoms with Crippen molar-refractivity contribution >= 4 is 23.9 Å². The molecule has 24 heavy (non-hydrogen) atoms. The van der Waals surface area contributed by atoms with Gasteiger partial charge >= 0.3 is 23.9 Å². The summed E-state index contributed by atoms with van der Waals surface area (Å²) >= 11 is 0. The van der Waals surface area contributed by atoms with E-state index in [1.165, 1.54) is 0 Å². The Balaban J connectivity index is 1.87. The van der Waals surface area contributed by atoms with Crippen LogP contribution in [0.3, 0.4) is 0 Å². The quantitative estimate of drug-likeness (QED) is 0.450. The molecule has 2 aliphatic heterocycles. The van der Waals surface area contributed by atoms with Crippen molar-refractivity contribution in [3.63, 3.8) is 0 Å². The molecule has 0 radical (unpaired) electrons. The molecular weight excluding hydrogens is 328 g/mol. The number of hydrogen-bond donors (Lipinski definition) is 2. The summed E-state index contributed by atoms with van der Waals surface area (Å²) in [5.41, 5.74) is 0. The smallest absolute Gasteiger partial charge is 0.331 e. The summed E-state index contributed by atoms with van der Waals surface area (Å²) in [6, 6.07) is 0. The highest BCUT2D eigenvalue weighted by atomic mass is 16.7. The topological polar surface area (TPSA) is 146 Å². The zero-order valence-corrected chi connectivity index (χ0v) is 12.2. The molecule has 0 aliphatic carbocycles. The number of aliphatic carboxylic acids is 2.